The molecule has 20 heavy (non-hydrogen) atoms. The summed E-state index contributed by atoms with van der Waals surface area (Å²) in [5, 5.41) is 8.93. The smallest absolute Gasteiger partial charge is 0.354 e. The van der Waals surface area contributed by atoms with Crippen molar-refractivity contribution in [3.63, 3.8) is 0 Å². The molecule has 5 heteroatoms. The summed E-state index contributed by atoms with van der Waals surface area (Å²) in [7, 11) is 0. The van der Waals surface area contributed by atoms with Crippen molar-refractivity contribution in [3.05, 3.63) is 52.3 Å². The van der Waals surface area contributed by atoms with Crippen molar-refractivity contribution in [1.29, 1.82) is 0 Å². The number of hydrogen-bond donors (Lipinski definition) is 1. The number of carbonyl (C=O) groups is 1. The first-order valence-electron chi connectivity index (χ1n) is 6.14. The van der Waals surface area contributed by atoms with E-state index >= 15 is 0 Å². The third-order valence-corrected chi connectivity index (χ3v) is 3.27. The van der Waals surface area contributed by atoms with Crippen LogP contribution in [0.4, 0.5) is 0 Å². The van der Waals surface area contributed by atoms with E-state index in [4.69, 9.17) is 9.84 Å². The zero-order chi connectivity index (χ0) is 14.7. The van der Waals surface area contributed by atoms with Gasteiger partial charge in [-0.15, -0.1) is 0 Å². The molecule has 0 aliphatic rings. The van der Waals surface area contributed by atoms with Crippen molar-refractivity contribution in [2.45, 2.75) is 19.8 Å². The Labute approximate surface area is 125 Å². The molecule has 1 N–H and O–H groups in total. The van der Waals surface area contributed by atoms with Crippen LogP contribution in [0.3, 0.4) is 0 Å². The molecule has 0 bridgehead atoms. The van der Waals surface area contributed by atoms with Crippen LogP contribution in [0.5, 0.6) is 11.5 Å². The fourth-order valence-electron chi connectivity index (χ4n) is 1.78. The molecule has 0 radical (unpaired) electrons. The number of pyridine rings is 1. The van der Waals surface area contributed by atoms with Gasteiger partial charge in [0.1, 0.15) is 11.5 Å². The van der Waals surface area contributed by atoms with E-state index in [1.807, 2.05) is 18.2 Å². The minimum Gasteiger partial charge on any atom is -0.477 e. The van der Waals surface area contributed by atoms with E-state index in [1.54, 1.807) is 6.07 Å². The Balaban J connectivity index is 2.35. The van der Waals surface area contributed by atoms with Crippen molar-refractivity contribution < 1.29 is 14.6 Å². The first-order chi connectivity index (χ1) is 9.47. The SMILES string of the molecule is CC(C)c1cc(Br)ccc1Oc1ccnc(C(=O)O)c1. The fraction of sp³-hybridized carbons (Fsp3) is 0.200. The predicted octanol–water partition coefficient (Wildman–Crippen LogP) is 4.46. The lowest BCUT2D eigenvalue weighted by molar-refractivity contribution is 0.0690. The molecule has 0 unspecified atom stereocenters. The topological polar surface area (TPSA) is 59.4 Å². The van der Waals surface area contributed by atoms with Gasteiger partial charge < -0.3 is 9.84 Å². The lowest BCUT2D eigenvalue weighted by Gasteiger charge is -2.14. The summed E-state index contributed by atoms with van der Waals surface area (Å²) in [6.45, 7) is 4.15. The monoisotopic (exact) mass is 335 g/mol. The maximum absolute atomic E-state index is 10.9. The van der Waals surface area contributed by atoms with Crippen LogP contribution in [-0.2, 0) is 0 Å². The number of ether oxygens (including phenoxy) is 1. The third-order valence-electron chi connectivity index (χ3n) is 2.77. The summed E-state index contributed by atoms with van der Waals surface area (Å²) in [4.78, 5) is 14.7. The molecular formula is C15H14BrNO3. The quantitative estimate of drug-likeness (QED) is 0.896. The highest BCUT2D eigenvalue weighted by Gasteiger charge is 2.11. The maximum Gasteiger partial charge on any atom is 0.354 e. The van der Waals surface area contributed by atoms with Gasteiger partial charge >= 0.3 is 5.97 Å². The van der Waals surface area contributed by atoms with Crippen LogP contribution in [0, 0.1) is 0 Å². The normalized spacial score (nSPS) is 10.6. The summed E-state index contributed by atoms with van der Waals surface area (Å²) < 4.78 is 6.77. The van der Waals surface area contributed by atoms with E-state index in [9.17, 15) is 4.79 Å². The zero-order valence-electron chi connectivity index (χ0n) is 11.1. The number of aromatic nitrogens is 1. The van der Waals surface area contributed by atoms with Gasteiger partial charge in [0.2, 0.25) is 0 Å². The van der Waals surface area contributed by atoms with Crippen LogP contribution in [0.1, 0.15) is 35.8 Å². The first kappa shape index (κ1) is 14.5. The maximum atomic E-state index is 10.9. The number of aromatic carboxylic acids is 1. The first-order valence-corrected chi connectivity index (χ1v) is 6.93. The van der Waals surface area contributed by atoms with Crippen molar-refractivity contribution in [1.82, 2.24) is 4.98 Å². The number of carboxylic acids is 1. The molecule has 0 saturated carbocycles. The van der Waals surface area contributed by atoms with E-state index in [1.165, 1.54) is 12.3 Å². The average Bonchev–Trinajstić information content (AvgIpc) is 2.41. The molecule has 0 saturated heterocycles. The third kappa shape index (κ3) is 3.36. The van der Waals surface area contributed by atoms with Gasteiger partial charge in [0, 0.05) is 16.7 Å². The van der Waals surface area contributed by atoms with Gasteiger partial charge in [-0.05, 0) is 35.7 Å². The summed E-state index contributed by atoms with van der Waals surface area (Å²) in [6, 6.07) is 8.80. The van der Waals surface area contributed by atoms with Crippen LogP contribution >= 0.6 is 15.9 Å². The standard InChI is InChI=1S/C15H14BrNO3/c1-9(2)12-7-10(16)3-4-14(12)20-11-5-6-17-13(8-11)15(18)19/h3-9H,1-2H3,(H,18,19). The second-order valence-electron chi connectivity index (χ2n) is 4.62. The van der Waals surface area contributed by atoms with Crippen LogP contribution in [-0.4, -0.2) is 16.1 Å². The van der Waals surface area contributed by atoms with Crippen LogP contribution in [0.25, 0.3) is 0 Å². The van der Waals surface area contributed by atoms with Crippen LogP contribution in [0.15, 0.2) is 41.0 Å². The van der Waals surface area contributed by atoms with Crippen molar-refractivity contribution in [3.8, 4) is 11.5 Å². The minimum absolute atomic E-state index is 0.0364. The largest absolute Gasteiger partial charge is 0.477 e. The Hall–Kier alpha value is -1.88. The Morgan fingerprint density at radius 2 is 2.05 bits per heavy atom. The number of hydrogen-bond acceptors (Lipinski definition) is 3. The molecule has 1 heterocycles. The van der Waals surface area contributed by atoms with Gasteiger partial charge in [-0.25, -0.2) is 9.78 Å². The molecule has 2 aromatic rings. The molecule has 0 amide bonds. The average molecular weight is 336 g/mol. The lowest BCUT2D eigenvalue weighted by Crippen LogP contribution is -2.00. The molecule has 1 aromatic carbocycles. The van der Waals surface area contributed by atoms with Gasteiger partial charge in [0.15, 0.2) is 5.69 Å². The Bertz CT molecular complexity index is 641. The van der Waals surface area contributed by atoms with E-state index in [-0.39, 0.29) is 5.69 Å². The second kappa shape index (κ2) is 6.05. The highest BCUT2D eigenvalue weighted by atomic mass is 79.9. The summed E-state index contributed by atoms with van der Waals surface area (Å²) >= 11 is 3.44. The summed E-state index contributed by atoms with van der Waals surface area (Å²) in [6.07, 6.45) is 1.42. The highest BCUT2D eigenvalue weighted by Crippen LogP contribution is 2.32. The van der Waals surface area contributed by atoms with Crippen LogP contribution < -0.4 is 4.74 Å². The lowest BCUT2D eigenvalue weighted by atomic mass is 10.0. The molecular weight excluding hydrogens is 322 g/mol. The number of carboxylic acid groups (broad SMARTS) is 1. The molecule has 0 aliphatic heterocycles. The van der Waals surface area contributed by atoms with Crippen LogP contribution in [0.2, 0.25) is 0 Å². The molecule has 0 fully saturated rings. The molecule has 2 rings (SSSR count). The van der Waals surface area contributed by atoms with E-state index in [0.717, 1.165) is 10.0 Å². The Kier molecular flexibility index (Phi) is 4.39. The minimum atomic E-state index is -1.07. The van der Waals surface area contributed by atoms with E-state index in [0.29, 0.717) is 17.4 Å². The van der Waals surface area contributed by atoms with E-state index in [2.05, 4.69) is 34.8 Å². The summed E-state index contributed by atoms with van der Waals surface area (Å²) in [5.41, 5.74) is 1.01. The fourth-order valence-corrected chi connectivity index (χ4v) is 2.16. The number of benzene rings is 1. The van der Waals surface area contributed by atoms with Crippen molar-refractivity contribution >= 4 is 21.9 Å². The molecule has 0 atom stereocenters. The molecule has 104 valence electrons. The van der Waals surface area contributed by atoms with Gasteiger partial charge in [-0.3, -0.25) is 0 Å². The van der Waals surface area contributed by atoms with Gasteiger partial charge in [-0.1, -0.05) is 29.8 Å². The van der Waals surface area contributed by atoms with Crippen molar-refractivity contribution in [2.24, 2.45) is 0 Å². The Morgan fingerprint density at radius 1 is 1.30 bits per heavy atom. The molecule has 0 aliphatic carbocycles. The number of rotatable bonds is 4. The molecule has 1 aromatic heterocycles. The summed E-state index contributed by atoms with van der Waals surface area (Å²) in [5.74, 6) is 0.394. The number of halogens is 1. The van der Waals surface area contributed by atoms with Gasteiger partial charge in [0.25, 0.3) is 0 Å². The van der Waals surface area contributed by atoms with Gasteiger partial charge in [-0.2, -0.15) is 0 Å². The highest BCUT2D eigenvalue weighted by molar-refractivity contribution is 9.10. The number of nitrogens with zero attached hydrogens (tertiary/aromatic N) is 1. The van der Waals surface area contributed by atoms with Crippen molar-refractivity contribution in [2.75, 3.05) is 0 Å². The van der Waals surface area contributed by atoms with Gasteiger partial charge in [0.05, 0.1) is 0 Å². The van der Waals surface area contributed by atoms with E-state index < -0.39 is 5.97 Å². The second-order valence-corrected chi connectivity index (χ2v) is 5.54. The molecule has 0 spiro atoms. The predicted molar refractivity (Wildman–Crippen MR) is 79.5 cm³/mol. The zero-order valence-corrected chi connectivity index (χ0v) is 12.7. The Morgan fingerprint density at radius 3 is 2.70 bits per heavy atom. The molecule has 4 nitrogen and oxygen atoms in total.